The molecule has 2 heterocycles. The van der Waals surface area contributed by atoms with Crippen molar-refractivity contribution in [1.29, 1.82) is 0 Å². The zero-order valence-corrected chi connectivity index (χ0v) is 22.3. The normalized spacial score (nSPS) is 12.2. The van der Waals surface area contributed by atoms with Gasteiger partial charge in [-0.25, -0.2) is 9.97 Å². The Morgan fingerprint density at radius 3 is 2.38 bits per heavy atom. The average Bonchev–Trinajstić information content (AvgIpc) is 3.33. The molecule has 0 aliphatic carbocycles. The van der Waals surface area contributed by atoms with Crippen LogP contribution in [0.4, 0.5) is 5.69 Å². The number of nitrogens with zero attached hydrogens (tertiary/aromatic N) is 3. The summed E-state index contributed by atoms with van der Waals surface area (Å²) < 4.78 is 16.0. The number of fused-ring (bicyclic) bond motifs is 1. The molecular weight excluding hydrogens is 492 g/mol. The van der Waals surface area contributed by atoms with Crippen LogP contribution in [0.3, 0.4) is 0 Å². The number of aromatic nitrogens is 2. The van der Waals surface area contributed by atoms with Gasteiger partial charge in [0.25, 0.3) is 0 Å². The van der Waals surface area contributed by atoms with Gasteiger partial charge in [0.15, 0.2) is 16.7 Å². The van der Waals surface area contributed by atoms with E-state index in [-0.39, 0.29) is 30.9 Å². The minimum atomic E-state index is -1.18. The molecule has 0 atom stereocenters. The van der Waals surface area contributed by atoms with E-state index < -0.39 is 5.54 Å². The Bertz CT molecular complexity index is 1280. The van der Waals surface area contributed by atoms with Crippen LogP contribution in [0.15, 0.2) is 53.7 Å². The fraction of sp³-hybridized carbons (Fsp3) is 0.333. The molecule has 0 fully saturated rings. The fourth-order valence-electron chi connectivity index (χ4n) is 3.85. The molecule has 1 aromatic heterocycles. The number of carbonyl (C=O) groups is 2. The highest BCUT2D eigenvalue weighted by Gasteiger charge is 2.38. The number of amides is 2. The lowest BCUT2D eigenvalue weighted by Crippen LogP contribution is -2.55. The van der Waals surface area contributed by atoms with E-state index in [0.717, 1.165) is 17.0 Å². The predicted molar refractivity (Wildman–Crippen MR) is 141 cm³/mol. The van der Waals surface area contributed by atoms with Crippen molar-refractivity contribution in [2.45, 2.75) is 44.9 Å². The van der Waals surface area contributed by atoms with E-state index in [1.165, 1.54) is 11.8 Å². The third-order valence-electron chi connectivity index (χ3n) is 5.95. The summed E-state index contributed by atoms with van der Waals surface area (Å²) >= 11 is 1.25. The number of hydrogen-bond donors (Lipinski definition) is 1. The second-order valence-corrected chi connectivity index (χ2v) is 10.1. The fourth-order valence-corrected chi connectivity index (χ4v) is 4.68. The summed E-state index contributed by atoms with van der Waals surface area (Å²) in [7, 11) is 1.60. The Labute approximate surface area is 220 Å². The molecule has 0 bridgehead atoms. The van der Waals surface area contributed by atoms with E-state index in [4.69, 9.17) is 14.2 Å². The zero-order valence-electron chi connectivity index (χ0n) is 21.5. The first-order chi connectivity index (χ1) is 17.7. The third kappa shape index (κ3) is 6.32. The smallest absolute Gasteiger partial charge is 0.249 e. The van der Waals surface area contributed by atoms with Crippen LogP contribution in [0.25, 0.3) is 0 Å². The molecule has 4 rings (SSSR count). The van der Waals surface area contributed by atoms with E-state index in [0.29, 0.717) is 28.1 Å². The second-order valence-electron chi connectivity index (χ2n) is 9.13. The van der Waals surface area contributed by atoms with Crippen LogP contribution in [0.1, 0.15) is 30.8 Å². The maximum Gasteiger partial charge on any atom is 0.249 e. The SMILES string of the molecule is COc1ccc(CN(C(=O)CSc2nc(C)cc(C)n2)C(C)(C)C(=O)Nc2ccc3c(c2)OCO3)cc1. The minimum absolute atomic E-state index is 0.0831. The summed E-state index contributed by atoms with van der Waals surface area (Å²) in [5.41, 5.74) is 1.90. The van der Waals surface area contributed by atoms with Crippen LogP contribution in [0.5, 0.6) is 17.2 Å². The van der Waals surface area contributed by atoms with Crippen molar-refractivity contribution in [3.63, 3.8) is 0 Å². The lowest BCUT2D eigenvalue weighted by Gasteiger charge is -2.37. The largest absolute Gasteiger partial charge is 0.497 e. The number of ether oxygens (including phenoxy) is 3. The van der Waals surface area contributed by atoms with E-state index in [1.54, 1.807) is 44.1 Å². The zero-order chi connectivity index (χ0) is 26.6. The van der Waals surface area contributed by atoms with Gasteiger partial charge in [0, 0.05) is 29.7 Å². The van der Waals surface area contributed by atoms with E-state index in [1.807, 2.05) is 44.2 Å². The lowest BCUT2D eigenvalue weighted by molar-refractivity contribution is -0.142. The first kappa shape index (κ1) is 26.3. The molecule has 0 radical (unpaired) electrons. The van der Waals surface area contributed by atoms with Crippen molar-refractivity contribution >= 4 is 29.3 Å². The van der Waals surface area contributed by atoms with Crippen molar-refractivity contribution in [1.82, 2.24) is 14.9 Å². The van der Waals surface area contributed by atoms with Crippen LogP contribution < -0.4 is 19.5 Å². The summed E-state index contributed by atoms with van der Waals surface area (Å²) in [4.78, 5) is 37.5. The molecule has 0 unspecified atom stereocenters. The topological polar surface area (TPSA) is 103 Å². The van der Waals surface area contributed by atoms with Gasteiger partial charge in [-0.15, -0.1) is 0 Å². The lowest BCUT2D eigenvalue weighted by atomic mass is 9.99. The second kappa shape index (κ2) is 11.1. The molecule has 0 saturated heterocycles. The molecule has 1 aliphatic rings. The number of methoxy groups -OCH3 is 1. The van der Waals surface area contributed by atoms with Crippen LogP contribution in [-0.2, 0) is 16.1 Å². The molecule has 1 N–H and O–H groups in total. The third-order valence-corrected chi connectivity index (χ3v) is 6.78. The summed E-state index contributed by atoms with van der Waals surface area (Å²) in [6, 6.07) is 14.5. The number of anilines is 1. The molecule has 37 heavy (non-hydrogen) atoms. The molecule has 0 saturated carbocycles. The van der Waals surface area contributed by atoms with Gasteiger partial charge in [-0.3, -0.25) is 9.59 Å². The van der Waals surface area contributed by atoms with Crippen molar-refractivity contribution in [3.8, 4) is 17.2 Å². The van der Waals surface area contributed by atoms with Crippen molar-refractivity contribution in [2.24, 2.45) is 0 Å². The van der Waals surface area contributed by atoms with Crippen molar-refractivity contribution in [3.05, 3.63) is 65.5 Å². The van der Waals surface area contributed by atoms with Gasteiger partial charge in [-0.05, 0) is 63.6 Å². The summed E-state index contributed by atoms with van der Waals surface area (Å²) in [5.74, 6) is 1.44. The molecule has 0 spiro atoms. The number of aryl methyl sites for hydroxylation is 2. The standard InChI is InChI=1S/C27H30N4O5S/c1-17-12-18(2)29-26(28-17)37-15-24(32)31(14-19-6-9-21(34-5)10-7-19)27(3,4)25(33)30-20-8-11-22-23(13-20)36-16-35-22/h6-13H,14-16H2,1-5H3,(H,30,33). The molecule has 10 heteroatoms. The highest BCUT2D eigenvalue weighted by Crippen LogP contribution is 2.34. The van der Waals surface area contributed by atoms with Crippen molar-refractivity contribution in [2.75, 3.05) is 25.0 Å². The quantitative estimate of drug-likeness (QED) is 0.327. The molecule has 3 aromatic rings. The van der Waals surface area contributed by atoms with Gasteiger partial charge >= 0.3 is 0 Å². The number of thioether (sulfide) groups is 1. The van der Waals surface area contributed by atoms with Crippen LogP contribution in [0.2, 0.25) is 0 Å². The Balaban J connectivity index is 1.55. The van der Waals surface area contributed by atoms with Gasteiger partial charge < -0.3 is 24.4 Å². The first-order valence-corrected chi connectivity index (χ1v) is 12.7. The highest BCUT2D eigenvalue weighted by molar-refractivity contribution is 7.99. The molecular formula is C27H30N4O5S. The number of benzene rings is 2. The number of hydrogen-bond acceptors (Lipinski definition) is 8. The van der Waals surface area contributed by atoms with Gasteiger partial charge in [0.05, 0.1) is 12.9 Å². The van der Waals surface area contributed by atoms with Crippen LogP contribution >= 0.6 is 11.8 Å². The van der Waals surface area contributed by atoms with Gasteiger partial charge in [0.1, 0.15) is 11.3 Å². The Morgan fingerprint density at radius 1 is 1.03 bits per heavy atom. The predicted octanol–water partition coefficient (Wildman–Crippen LogP) is 4.37. The van der Waals surface area contributed by atoms with Gasteiger partial charge in [-0.2, -0.15) is 0 Å². The Kier molecular flexibility index (Phi) is 7.87. The summed E-state index contributed by atoms with van der Waals surface area (Å²) in [6.45, 7) is 7.62. The van der Waals surface area contributed by atoms with Gasteiger partial charge in [0.2, 0.25) is 18.6 Å². The highest BCUT2D eigenvalue weighted by atomic mass is 32.2. The Morgan fingerprint density at radius 2 is 1.70 bits per heavy atom. The monoisotopic (exact) mass is 522 g/mol. The molecule has 2 amide bonds. The summed E-state index contributed by atoms with van der Waals surface area (Å²) in [6.07, 6.45) is 0. The van der Waals surface area contributed by atoms with Crippen LogP contribution in [0, 0.1) is 13.8 Å². The Hall–Kier alpha value is -3.79. The first-order valence-electron chi connectivity index (χ1n) is 11.8. The maximum atomic E-state index is 13.6. The number of rotatable bonds is 9. The molecule has 2 aromatic carbocycles. The number of carbonyl (C=O) groups excluding carboxylic acids is 2. The van der Waals surface area contributed by atoms with E-state index in [9.17, 15) is 9.59 Å². The van der Waals surface area contributed by atoms with E-state index in [2.05, 4.69) is 15.3 Å². The molecule has 1 aliphatic heterocycles. The number of nitrogens with one attached hydrogen (secondary N) is 1. The maximum absolute atomic E-state index is 13.6. The minimum Gasteiger partial charge on any atom is -0.497 e. The molecule has 9 nitrogen and oxygen atoms in total. The van der Waals surface area contributed by atoms with Crippen molar-refractivity contribution < 1.29 is 23.8 Å². The molecule has 194 valence electrons. The summed E-state index contributed by atoms with van der Waals surface area (Å²) in [5, 5.41) is 3.45. The van der Waals surface area contributed by atoms with Crippen LogP contribution in [-0.4, -0.2) is 51.9 Å². The van der Waals surface area contributed by atoms with E-state index >= 15 is 0 Å². The van der Waals surface area contributed by atoms with Gasteiger partial charge in [-0.1, -0.05) is 23.9 Å². The average molecular weight is 523 g/mol.